The van der Waals surface area contributed by atoms with Crippen LogP contribution in [0.1, 0.15) is 25.8 Å². The lowest BCUT2D eigenvalue weighted by molar-refractivity contribution is 0.483. The van der Waals surface area contributed by atoms with E-state index < -0.39 is 11.6 Å². The number of halogens is 3. The smallest absolute Gasteiger partial charge is 0.130 e. The van der Waals surface area contributed by atoms with Gasteiger partial charge in [0.2, 0.25) is 0 Å². The van der Waals surface area contributed by atoms with Crippen LogP contribution in [0.4, 0.5) is 8.78 Å². The van der Waals surface area contributed by atoms with Gasteiger partial charge in [0, 0.05) is 23.0 Å². The van der Waals surface area contributed by atoms with Crippen molar-refractivity contribution in [2.45, 2.75) is 37.7 Å². The van der Waals surface area contributed by atoms with Crippen LogP contribution < -0.4 is 5.32 Å². The standard InChI is InChI=1S/C12H16BrF2N/c1-8(13)6-9(2)16-7-10-11(14)4-3-5-12(10)15/h3-5,8-9,16H,6-7H2,1-2H3. The fraction of sp³-hybridized carbons (Fsp3) is 0.500. The predicted octanol–water partition coefficient (Wildman–Crippen LogP) is 3.62. The van der Waals surface area contributed by atoms with E-state index in [1.807, 2.05) is 13.8 Å². The number of alkyl halides is 1. The molecule has 0 aliphatic rings. The Balaban J connectivity index is 2.54. The van der Waals surface area contributed by atoms with E-state index in [1.165, 1.54) is 18.2 Å². The van der Waals surface area contributed by atoms with E-state index in [1.54, 1.807) is 0 Å². The second-order valence-electron chi connectivity index (χ2n) is 4.00. The maximum Gasteiger partial charge on any atom is 0.130 e. The molecular formula is C12H16BrF2N. The SMILES string of the molecule is CC(Br)CC(C)NCc1c(F)cccc1F. The minimum Gasteiger partial charge on any atom is -0.310 e. The fourth-order valence-corrected chi connectivity index (χ4v) is 2.11. The molecule has 2 unspecified atom stereocenters. The van der Waals surface area contributed by atoms with Crippen LogP contribution in [0.15, 0.2) is 18.2 Å². The van der Waals surface area contributed by atoms with Gasteiger partial charge in [0.05, 0.1) is 0 Å². The Bertz CT molecular complexity index is 322. The normalized spacial score (nSPS) is 14.8. The van der Waals surface area contributed by atoms with Crippen LogP contribution in [0.25, 0.3) is 0 Å². The van der Waals surface area contributed by atoms with Gasteiger partial charge in [-0.15, -0.1) is 0 Å². The number of hydrogen-bond donors (Lipinski definition) is 1. The summed E-state index contributed by atoms with van der Waals surface area (Å²) in [6.45, 7) is 4.26. The summed E-state index contributed by atoms with van der Waals surface area (Å²) in [6.07, 6.45) is 0.913. The lowest BCUT2D eigenvalue weighted by Gasteiger charge is -2.15. The van der Waals surface area contributed by atoms with Crippen molar-refractivity contribution in [3.8, 4) is 0 Å². The van der Waals surface area contributed by atoms with E-state index in [9.17, 15) is 8.78 Å². The van der Waals surface area contributed by atoms with Gasteiger partial charge in [0.15, 0.2) is 0 Å². The van der Waals surface area contributed by atoms with Crippen molar-refractivity contribution in [2.24, 2.45) is 0 Å². The lowest BCUT2D eigenvalue weighted by Crippen LogP contribution is -2.28. The molecule has 0 aliphatic heterocycles. The summed E-state index contributed by atoms with van der Waals surface area (Å²) < 4.78 is 26.5. The maximum absolute atomic E-state index is 13.3. The third-order valence-electron chi connectivity index (χ3n) is 2.37. The Labute approximate surface area is 103 Å². The minimum atomic E-state index is -0.494. The average molecular weight is 292 g/mol. The molecule has 2 atom stereocenters. The molecule has 90 valence electrons. The predicted molar refractivity (Wildman–Crippen MR) is 65.7 cm³/mol. The summed E-state index contributed by atoms with van der Waals surface area (Å²) in [5.74, 6) is -0.988. The van der Waals surface area contributed by atoms with Crippen molar-refractivity contribution >= 4 is 15.9 Å². The Hall–Kier alpha value is -0.480. The summed E-state index contributed by atoms with van der Waals surface area (Å²) >= 11 is 3.44. The van der Waals surface area contributed by atoms with Crippen LogP contribution in [-0.4, -0.2) is 10.9 Å². The molecular weight excluding hydrogens is 276 g/mol. The summed E-state index contributed by atoms with van der Waals surface area (Å²) in [6, 6.07) is 4.14. The molecule has 0 saturated carbocycles. The van der Waals surface area contributed by atoms with Crippen LogP contribution in [0.3, 0.4) is 0 Å². The van der Waals surface area contributed by atoms with Gasteiger partial charge in [-0.25, -0.2) is 8.78 Å². The van der Waals surface area contributed by atoms with Crippen molar-refractivity contribution < 1.29 is 8.78 Å². The van der Waals surface area contributed by atoms with Crippen LogP contribution in [0, 0.1) is 11.6 Å². The molecule has 1 aromatic rings. The van der Waals surface area contributed by atoms with Crippen LogP contribution in [0.2, 0.25) is 0 Å². The zero-order valence-corrected chi connectivity index (χ0v) is 11.0. The molecule has 0 radical (unpaired) electrons. The molecule has 16 heavy (non-hydrogen) atoms. The molecule has 0 saturated heterocycles. The lowest BCUT2D eigenvalue weighted by atomic mass is 10.1. The monoisotopic (exact) mass is 291 g/mol. The fourth-order valence-electron chi connectivity index (χ4n) is 1.55. The first kappa shape index (κ1) is 13.6. The minimum absolute atomic E-state index is 0.108. The van der Waals surface area contributed by atoms with Crippen LogP contribution in [0.5, 0.6) is 0 Å². The molecule has 0 heterocycles. The molecule has 4 heteroatoms. The van der Waals surface area contributed by atoms with Crippen molar-refractivity contribution in [1.82, 2.24) is 5.32 Å². The molecule has 0 spiro atoms. The Kier molecular flexibility index (Phi) is 5.35. The summed E-state index contributed by atoms with van der Waals surface area (Å²) in [5, 5.41) is 3.10. The molecule has 1 rings (SSSR count). The zero-order chi connectivity index (χ0) is 12.1. The Morgan fingerprint density at radius 1 is 1.25 bits per heavy atom. The van der Waals surface area contributed by atoms with Crippen molar-refractivity contribution in [2.75, 3.05) is 0 Å². The molecule has 1 aromatic carbocycles. The number of nitrogens with one attached hydrogen (secondary N) is 1. The van der Waals surface area contributed by atoms with Crippen LogP contribution >= 0.6 is 15.9 Å². The second kappa shape index (κ2) is 6.30. The van der Waals surface area contributed by atoms with E-state index in [2.05, 4.69) is 21.2 Å². The topological polar surface area (TPSA) is 12.0 Å². The highest BCUT2D eigenvalue weighted by Gasteiger charge is 2.10. The van der Waals surface area contributed by atoms with Gasteiger partial charge in [-0.1, -0.05) is 28.9 Å². The van der Waals surface area contributed by atoms with E-state index >= 15 is 0 Å². The quantitative estimate of drug-likeness (QED) is 0.817. The average Bonchev–Trinajstić information content (AvgIpc) is 2.15. The summed E-state index contributed by atoms with van der Waals surface area (Å²) in [4.78, 5) is 0.389. The van der Waals surface area contributed by atoms with Crippen molar-refractivity contribution in [3.05, 3.63) is 35.4 Å². The first-order valence-corrected chi connectivity index (χ1v) is 6.22. The van der Waals surface area contributed by atoms with E-state index in [0.29, 0.717) is 4.83 Å². The third-order valence-corrected chi connectivity index (χ3v) is 2.74. The first-order chi connectivity index (χ1) is 7.50. The Morgan fingerprint density at radius 2 is 1.81 bits per heavy atom. The van der Waals surface area contributed by atoms with Gasteiger partial charge in [-0.2, -0.15) is 0 Å². The van der Waals surface area contributed by atoms with Gasteiger partial charge in [-0.05, 0) is 25.5 Å². The highest BCUT2D eigenvalue weighted by Crippen LogP contribution is 2.13. The number of hydrogen-bond acceptors (Lipinski definition) is 1. The second-order valence-corrected chi connectivity index (χ2v) is 5.56. The molecule has 1 N–H and O–H groups in total. The highest BCUT2D eigenvalue weighted by molar-refractivity contribution is 9.09. The van der Waals surface area contributed by atoms with E-state index in [4.69, 9.17) is 0 Å². The van der Waals surface area contributed by atoms with Gasteiger partial charge in [-0.3, -0.25) is 0 Å². The van der Waals surface area contributed by atoms with Gasteiger partial charge in [0.25, 0.3) is 0 Å². The summed E-state index contributed by atoms with van der Waals surface area (Å²) in [7, 11) is 0. The number of rotatable bonds is 5. The van der Waals surface area contributed by atoms with E-state index in [0.717, 1.165) is 6.42 Å². The largest absolute Gasteiger partial charge is 0.310 e. The van der Waals surface area contributed by atoms with E-state index in [-0.39, 0.29) is 18.2 Å². The van der Waals surface area contributed by atoms with Gasteiger partial charge in [0.1, 0.15) is 11.6 Å². The highest BCUT2D eigenvalue weighted by atomic mass is 79.9. The number of benzene rings is 1. The molecule has 0 aromatic heterocycles. The molecule has 1 nitrogen and oxygen atoms in total. The van der Waals surface area contributed by atoms with Crippen LogP contribution in [-0.2, 0) is 6.54 Å². The molecule has 0 amide bonds. The van der Waals surface area contributed by atoms with Gasteiger partial charge >= 0.3 is 0 Å². The molecule has 0 fully saturated rings. The van der Waals surface area contributed by atoms with Crippen molar-refractivity contribution in [1.29, 1.82) is 0 Å². The molecule has 0 aliphatic carbocycles. The first-order valence-electron chi connectivity index (χ1n) is 5.31. The summed E-state index contributed by atoms with van der Waals surface area (Å²) in [5.41, 5.74) is 0.108. The maximum atomic E-state index is 13.3. The molecule has 0 bridgehead atoms. The van der Waals surface area contributed by atoms with Crippen molar-refractivity contribution in [3.63, 3.8) is 0 Å². The third kappa shape index (κ3) is 4.18. The zero-order valence-electron chi connectivity index (χ0n) is 9.43. The van der Waals surface area contributed by atoms with Gasteiger partial charge < -0.3 is 5.32 Å². The Morgan fingerprint density at radius 3 is 2.31 bits per heavy atom.